The van der Waals surface area contributed by atoms with E-state index in [1.807, 2.05) is 36.4 Å². The molecule has 1 saturated carbocycles. The molecule has 2 aromatic carbocycles. The van der Waals surface area contributed by atoms with E-state index < -0.39 is 6.03 Å². The van der Waals surface area contributed by atoms with Crippen LogP contribution in [0.3, 0.4) is 0 Å². The van der Waals surface area contributed by atoms with Gasteiger partial charge in [0, 0.05) is 29.8 Å². The second-order valence-corrected chi connectivity index (χ2v) is 7.84. The molecule has 1 aliphatic heterocycles. The Morgan fingerprint density at radius 1 is 1.17 bits per heavy atom. The third kappa shape index (κ3) is 4.22. The predicted octanol–water partition coefficient (Wildman–Crippen LogP) is 4.28. The molecule has 0 bridgehead atoms. The van der Waals surface area contributed by atoms with Crippen molar-refractivity contribution in [2.45, 2.75) is 31.2 Å². The smallest absolute Gasteiger partial charge is 0.328 e. The van der Waals surface area contributed by atoms with Gasteiger partial charge >= 0.3 is 6.03 Å². The molecule has 0 spiro atoms. The van der Waals surface area contributed by atoms with Gasteiger partial charge < -0.3 is 5.32 Å². The zero-order valence-corrected chi connectivity index (χ0v) is 16.5. The van der Waals surface area contributed by atoms with Gasteiger partial charge in [0.25, 0.3) is 0 Å². The lowest BCUT2D eigenvalue weighted by atomic mass is 10.0. The van der Waals surface area contributed by atoms with Crippen LogP contribution in [0.15, 0.2) is 42.5 Å². The van der Waals surface area contributed by atoms with Crippen molar-refractivity contribution in [3.63, 3.8) is 0 Å². The Morgan fingerprint density at radius 2 is 1.93 bits per heavy atom. The van der Waals surface area contributed by atoms with Gasteiger partial charge in [-0.2, -0.15) is 0 Å². The third-order valence-electron chi connectivity index (χ3n) is 5.45. The fourth-order valence-corrected chi connectivity index (χ4v) is 3.95. The summed E-state index contributed by atoms with van der Waals surface area (Å²) < 4.78 is 0. The number of nitrogens with one attached hydrogen (secondary N) is 2. The Morgan fingerprint density at radius 3 is 2.59 bits per heavy atom. The number of urea groups is 1. The maximum atomic E-state index is 12.2. The van der Waals surface area contributed by atoms with Gasteiger partial charge in [-0.15, -0.1) is 0 Å². The second-order valence-electron chi connectivity index (χ2n) is 7.46. The monoisotopic (exact) mass is 415 g/mol. The van der Waals surface area contributed by atoms with Crippen molar-refractivity contribution in [1.29, 1.82) is 0 Å². The Hall–Kier alpha value is -2.61. The van der Waals surface area contributed by atoms with Crippen LogP contribution in [-0.2, 0) is 9.68 Å². The molecule has 0 aromatic heterocycles. The molecule has 3 N–H and O–H groups in total. The minimum absolute atomic E-state index is 0.000860. The lowest BCUT2D eigenvalue weighted by Crippen LogP contribution is -2.49. The summed E-state index contributed by atoms with van der Waals surface area (Å²) in [7, 11) is 0. The van der Waals surface area contributed by atoms with Crippen molar-refractivity contribution in [1.82, 2.24) is 5.32 Å². The quantitative estimate of drug-likeness (QED) is 0.464. The highest BCUT2D eigenvalue weighted by Crippen LogP contribution is 2.42. The molecule has 29 heavy (non-hydrogen) atoms. The maximum Gasteiger partial charge on any atom is 0.328 e. The molecule has 4 rings (SSSR count). The summed E-state index contributed by atoms with van der Waals surface area (Å²) in [5.41, 5.74) is 3.32. The van der Waals surface area contributed by atoms with E-state index in [4.69, 9.17) is 16.9 Å². The first-order valence-electron chi connectivity index (χ1n) is 9.56. The van der Waals surface area contributed by atoms with E-state index in [-0.39, 0.29) is 17.9 Å². The fraction of sp³-hybridized carbons (Fsp3) is 0.333. The Balaban J connectivity index is 1.53. The number of hydrogen-bond donors (Lipinski definition) is 3. The summed E-state index contributed by atoms with van der Waals surface area (Å²) in [6.07, 6.45) is 3.09. The van der Waals surface area contributed by atoms with E-state index in [0.717, 1.165) is 36.1 Å². The Kier molecular flexibility index (Phi) is 5.45. The van der Waals surface area contributed by atoms with Crippen molar-refractivity contribution in [2.24, 2.45) is 0 Å². The molecule has 152 valence electrons. The predicted molar refractivity (Wildman–Crippen MR) is 111 cm³/mol. The number of halogens is 1. The van der Waals surface area contributed by atoms with Crippen molar-refractivity contribution >= 4 is 34.9 Å². The van der Waals surface area contributed by atoms with Crippen LogP contribution in [0.1, 0.15) is 25.7 Å². The van der Waals surface area contributed by atoms with E-state index in [2.05, 4.69) is 15.5 Å². The maximum absolute atomic E-state index is 12.2. The van der Waals surface area contributed by atoms with Gasteiger partial charge in [0.15, 0.2) is 0 Å². The molecule has 1 heterocycles. The van der Waals surface area contributed by atoms with Gasteiger partial charge in [-0.3, -0.25) is 20.3 Å². The van der Waals surface area contributed by atoms with E-state index >= 15 is 0 Å². The van der Waals surface area contributed by atoms with Gasteiger partial charge in [-0.1, -0.05) is 35.9 Å². The molecule has 1 saturated heterocycles. The number of carbonyl (C=O) groups excluding carboxylic acids is 2. The van der Waals surface area contributed by atoms with E-state index in [1.54, 1.807) is 6.07 Å². The van der Waals surface area contributed by atoms with Crippen LogP contribution in [0.5, 0.6) is 0 Å². The van der Waals surface area contributed by atoms with Gasteiger partial charge in [0.05, 0.1) is 17.3 Å². The van der Waals surface area contributed by atoms with Gasteiger partial charge in [-0.25, -0.2) is 9.68 Å². The highest BCUT2D eigenvalue weighted by Gasteiger charge is 2.42. The molecule has 2 aliphatic rings. The lowest BCUT2D eigenvalue weighted by Gasteiger charge is -2.28. The molecular formula is C21H22ClN3O4. The summed E-state index contributed by atoms with van der Waals surface area (Å²) in [4.78, 5) is 29.3. The van der Waals surface area contributed by atoms with Crippen LogP contribution in [0.2, 0.25) is 5.02 Å². The van der Waals surface area contributed by atoms with Crippen LogP contribution in [0, 0.1) is 0 Å². The highest BCUT2D eigenvalue weighted by molar-refractivity contribution is 6.36. The average Bonchev–Trinajstić information content (AvgIpc) is 3.47. The second kappa shape index (κ2) is 8.02. The number of nitrogens with zero attached hydrogens (tertiary/aromatic N) is 1. The van der Waals surface area contributed by atoms with Gasteiger partial charge in [0.2, 0.25) is 5.91 Å². The standard InChI is InChI=1S/C21H22ClN3O4/c22-19-16(2-1-3-17(19)25-12-8-18(26)23-20(25)27)14-4-6-15(7-5-14)24-21(9-10-21)11-13-29-28/h1-7,24,28H,8-13H2,(H,23,26,27). The SMILES string of the molecule is O=C1CCN(c2cccc(-c3ccc(NC4(CCOO)CC4)cc3)c2Cl)C(=O)N1. The van der Waals surface area contributed by atoms with Crippen molar-refractivity contribution < 1.29 is 19.7 Å². The number of anilines is 2. The lowest BCUT2D eigenvalue weighted by molar-refractivity contribution is -0.243. The van der Waals surface area contributed by atoms with Crippen molar-refractivity contribution in [3.8, 4) is 11.1 Å². The zero-order valence-electron chi connectivity index (χ0n) is 15.8. The van der Waals surface area contributed by atoms with E-state index in [0.29, 0.717) is 23.9 Å². The first kappa shape index (κ1) is 19.7. The molecule has 0 unspecified atom stereocenters. The Bertz CT molecular complexity index is 928. The van der Waals surface area contributed by atoms with Crippen LogP contribution >= 0.6 is 11.6 Å². The van der Waals surface area contributed by atoms with Crippen LogP contribution < -0.4 is 15.5 Å². The molecule has 1 aliphatic carbocycles. The molecule has 3 amide bonds. The minimum Gasteiger partial charge on any atom is -0.380 e. The minimum atomic E-state index is -0.457. The van der Waals surface area contributed by atoms with Crippen molar-refractivity contribution in [2.75, 3.05) is 23.4 Å². The molecule has 2 fully saturated rings. The normalized spacial score (nSPS) is 17.8. The third-order valence-corrected chi connectivity index (χ3v) is 5.85. The molecule has 0 atom stereocenters. The number of hydrogen-bond acceptors (Lipinski definition) is 5. The first-order chi connectivity index (χ1) is 14.0. The van der Waals surface area contributed by atoms with E-state index in [9.17, 15) is 9.59 Å². The average molecular weight is 416 g/mol. The molecule has 0 radical (unpaired) electrons. The highest BCUT2D eigenvalue weighted by atomic mass is 35.5. The summed E-state index contributed by atoms with van der Waals surface area (Å²) in [5.74, 6) is -0.277. The zero-order chi connectivity index (χ0) is 20.4. The summed E-state index contributed by atoms with van der Waals surface area (Å²) in [6.45, 7) is 0.611. The number of amides is 3. The van der Waals surface area contributed by atoms with Crippen LogP contribution in [0.25, 0.3) is 11.1 Å². The molecule has 7 nitrogen and oxygen atoms in total. The topological polar surface area (TPSA) is 90.9 Å². The van der Waals surface area contributed by atoms with E-state index in [1.165, 1.54) is 4.90 Å². The number of carbonyl (C=O) groups is 2. The number of rotatable bonds is 7. The van der Waals surface area contributed by atoms with Gasteiger partial charge in [-0.05, 0) is 43.0 Å². The molecular weight excluding hydrogens is 394 g/mol. The Labute approximate surface area is 173 Å². The summed E-state index contributed by atoms with van der Waals surface area (Å²) >= 11 is 6.63. The van der Waals surface area contributed by atoms with Crippen LogP contribution in [0.4, 0.5) is 16.2 Å². The largest absolute Gasteiger partial charge is 0.380 e. The first-order valence-corrected chi connectivity index (χ1v) is 9.94. The summed E-state index contributed by atoms with van der Waals surface area (Å²) in [5, 5.41) is 14.9. The number of imide groups is 1. The fourth-order valence-electron chi connectivity index (χ4n) is 3.61. The van der Waals surface area contributed by atoms with Crippen molar-refractivity contribution in [3.05, 3.63) is 47.5 Å². The van der Waals surface area contributed by atoms with Gasteiger partial charge in [0.1, 0.15) is 0 Å². The number of benzene rings is 2. The molecule has 2 aromatic rings. The van der Waals surface area contributed by atoms with Crippen LogP contribution in [-0.4, -0.2) is 35.9 Å². The summed E-state index contributed by atoms with van der Waals surface area (Å²) in [6, 6.07) is 13.0. The molecule has 8 heteroatoms.